The van der Waals surface area contributed by atoms with Gasteiger partial charge in [0.05, 0.1) is 23.7 Å². The molecule has 4 aromatic rings. The molecule has 0 unspecified atom stereocenters. The zero-order valence-electron chi connectivity index (χ0n) is 21.4. The second-order valence-corrected chi connectivity index (χ2v) is 9.76. The molecule has 0 aliphatic carbocycles. The first-order chi connectivity index (χ1) is 18.9. The van der Waals surface area contributed by atoms with Crippen LogP contribution in [0.3, 0.4) is 0 Å². The van der Waals surface area contributed by atoms with E-state index in [9.17, 15) is 19.2 Å². The lowest BCUT2D eigenvalue weighted by molar-refractivity contribution is -0.132. The van der Waals surface area contributed by atoms with E-state index in [4.69, 9.17) is 16.3 Å². The summed E-state index contributed by atoms with van der Waals surface area (Å²) in [7, 11) is 1.47. The first-order valence-electron chi connectivity index (χ1n) is 12.6. The van der Waals surface area contributed by atoms with E-state index in [1.54, 1.807) is 47.4 Å². The number of para-hydroxylation sites is 1. The van der Waals surface area contributed by atoms with Crippen LogP contribution in [0.25, 0.3) is 10.9 Å². The largest absolute Gasteiger partial charge is 0.495 e. The van der Waals surface area contributed by atoms with Crippen molar-refractivity contribution in [3.63, 3.8) is 0 Å². The van der Waals surface area contributed by atoms with Crippen LogP contribution >= 0.6 is 11.6 Å². The highest BCUT2D eigenvalue weighted by atomic mass is 35.5. The molecule has 3 aromatic carbocycles. The first kappa shape index (κ1) is 26.2. The van der Waals surface area contributed by atoms with Gasteiger partial charge in [-0.1, -0.05) is 48.0 Å². The fourth-order valence-corrected chi connectivity index (χ4v) is 5.08. The Morgan fingerprint density at radius 3 is 2.51 bits per heavy atom. The lowest BCUT2D eigenvalue weighted by Gasteiger charge is -2.29. The van der Waals surface area contributed by atoms with E-state index >= 15 is 0 Å². The minimum absolute atomic E-state index is 0.0123. The summed E-state index contributed by atoms with van der Waals surface area (Å²) in [5, 5.41) is 3.41. The van der Waals surface area contributed by atoms with Crippen molar-refractivity contribution in [3.8, 4) is 5.75 Å². The predicted octanol–water partition coefficient (Wildman–Crippen LogP) is 3.44. The number of fused-ring (bicyclic) bond motifs is 2. The van der Waals surface area contributed by atoms with Gasteiger partial charge in [-0.25, -0.2) is 4.79 Å². The highest BCUT2D eigenvalue weighted by molar-refractivity contribution is 6.31. The van der Waals surface area contributed by atoms with Gasteiger partial charge in [-0.2, -0.15) is 0 Å². The summed E-state index contributed by atoms with van der Waals surface area (Å²) in [4.78, 5) is 54.5. The average molecular weight is 547 g/mol. The van der Waals surface area contributed by atoms with Gasteiger partial charge in [-0.05, 0) is 47.9 Å². The van der Waals surface area contributed by atoms with E-state index in [-0.39, 0.29) is 30.8 Å². The number of nitrogens with one attached hydrogen (secondary N) is 1. The number of hydrogen-bond acceptors (Lipinski definition) is 5. The standard InChI is InChI=1S/C29H27ClN4O5/c1-39-25-11-10-21(30)16-23(25)31-26(35)18-34-24-9-5-4-8-22(24)28(37)33(29(34)38)15-13-27(36)32-14-12-19-6-2-3-7-20(19)17-32/h2-11,16H,12-15,17-18H2,1H3,(H,31,35). The first-order valence-corrected chi connectivity index (χ1v) is 12.9. The smallest absolute Gasteiger partial charge is 0.331 e. The molecule has 1 aliphatic rings. The zero-order valence-corrected chi connectivity index (χ0v) is 22.1. The zero-order chi connectivity index (χ0) is 27.5. The van der Waals surface area contributed by atoms with E-state index in [1.165, 1.54) is 17.2 Å². The second-order valence-electron chi connectivity index (χ2n) is 9.32. The molecule has 0 saturated heterocycles. The van der Waals surface area contributed by atoms with Gasteiger partial charge in [-0.3, -0.25) is 23.5 Å². The molecule has 1 N–H and O–H groups in total. The molecule has 1 aliphatic heterocycles. The number of hydrogen-bond donors (Lipinski definition) is 1. The summed E-state index contributed by atoms with van der Waals surface area (Å²) in [6.45, 7) is 0.633. The van der Waals surface area contributed by atoms with Crippen molar-refractivity contribution >= 4 is 40.0 Å². The quantitative estimate of drug-likeness (QED) is 0.382. The van der Waals surface area contributed by atoms with E-state index in [0.29, 0.717) is 35.1 Å². The summed E-state index contributed by atoms with van der Waals surface area (Å²) < 4.78 is 7.55. The van der Waals surface area contributed by atoms with Gasteiger partial charge in [-0.15, -0.1) is 0 Å². The molecule has 9 nitrogen and oxygen atoms in total. The van der Waals surface area contributed by atoms with Crippen molar-refractivity contribution in [2.45, 2.75) is 32.5 Å². The Labute approximate surface area is 229 Å². The fourth-order valence-electron chi connectivity index (χ4n) is 4.91. The monoisotopic (exact) mass is 546 g/mol. The van der Waals surface area contributed by atoms with Crippen molar-refractivity contribution < 1.29 is 14.3 Å². The summed E-state index contributed by atoms with van der Waals surface area (Å²) >= 11 is 6.07. The Morgan fingerprint density at radius 2 is 1.72 bits per heavy atom. The third kappa shape index (κ3) is 5.44. The Kier molecular flexibility index (Phi) is 7.51. The van der Waals surface area contributed by atoms with Crippen LogP contribution in [0.4, 0.5) is 5.69 Å². The van der Waals surface area contributed by atoms with E-state index in [0.717, 1.165) is 16.6 Å². The summed E-state index contributed by atoms with van der Waals surface area (Å²) in [5.41, 5.74) is 1.85. The van der Waals surface area contributed by atoms with Crippen molar-refractivity contribution in [2.24, 2.45) is 0 Å². The summed E-state index contributed by atoms with van der Waals surface area (Å²) in [6, 6.07) is 19.4. The van der Waals surface area contributed by atoms with Crippen LogP contribution in [0.15, 0.2) is 76.3 Å². The average Bonchev–Trinajstić information content (AvgIpc) is 2.95. The SMILES string of the molecule is COc1ccc(Cl)cc1NC(=O)Cn1c(=O)n(CCC(=O)N2CCc3ccccc3C2)c(=O)c2ccccc21. The number of rotatable bonds is 7. The maximum Gasteiger partial charge on any atom is 0.331 e. The van der Waals surface area contributed by atoms with Gasteiger partial charge in [0.1, 0.15) is 12.3 Å². The van der Waals surface area contributed by atoms with Gasteiger partial charge in [0.25, 0.3) is 5.56 Å². The lowest BCUT2D eigenvalue weighted by atomic mass is 10.00. The fraction of sp³-hybridized carbons (Fsp3) is 0.241. The van der Waals surface area contributed by atoms with Crippen LogP contribution in [0.2, 0.25) is 5.02 Å². The van der Waals surface area contributed by atoms with Crippen LogP contribution in [0, 0.1) is 0 Å². The Morgan fingerprint density at radius 1 is 0.974 bits per heavy atom. The van der Waals surface area contributed by atoms with Gasteiger partial charge in [0.2, 0.25) is 11.8 Å². The topological polar surface area (TPSA) is 103 Å². The molecule has 5 rings (SSSR count). The number of aromatic nitrogens is 2. The molecule has 2 amide bonds. The molecule has 0 bridgehead atoms. The van der Waals surface area contributed by atoms with Crippen molar-refractivity contribution in [3.05, 3.63) is 104 Å². The molecule has 0 spiro atoms. The minimum atomic E-state index is -0.663. The maximum absolute atomic E-state index is 13.5. The number of methoxy groups -OCH3 is 1. The molecule has 10 heteroatoms. The second kappa shape index (κ2) is 11.2. The number of carbonyl (C=O) groups is 2. The third-order valence-electron chi connectivity index (χ3n) is 6.90. The summed E-state index contributed by atoms with van der Waals surface area (Å²) in [5.74, 6) is -0.230. The molecule has 0 saturated carbocycles. The number of benzene rings is 3. The Balaban J connectivity index is 1.39. The van der Waals surface area contributed by atoms with Crippen LogP contribution in [0.1, 0.15) is 17.5 Å². The van der Waals surface area contributed by atoms with Gasteiger partial charge in [0.15, 0.2) is 0 Å². The lowest BCUT2D eigenvalue weighted by Crippen LogP contribution is -2.43. The van der Waals surface area contributed by atoms with Gasteiger partial charge in [0, 0.05) is 31.1 Å². The van der Waals surface area contributed by atoms with E-state index in [2.05, 4.69) is 11.4 Å². The Hall–Kier alpha value is -4.37. The molecule has 200 valence electrons. The van der Waals surface area contributed by atoms with Crippen molar-refractivity contribution in [1.29, 1.82) is 0 Å². The molecule has 0 radical (unpaired) electrons. The third-order valence-corrected chi connectivity index (χ3v) is 7.14. The number of anilines is 1. The van der Waals surface area contributed by atoms with Crippen molar-refractivity contribution in [1.82, 2.24) is 14.0 Å². The molecule has 2 heterocycles. The van der Waals surface area contributed by atoms with Crippen LogP contribution < -0.4 is 21.3 Å². The number of amides is 2. The normalized spacial score (nSPS) is 12.7. The predicted molar refractivity (Wildman–Crippen MR) is 149 cm³/mol. The van der Waals surface area contributed by atoms with Gasteiger partial charge < -0.3 is 15.0 Å². The van der Waals surface area contributed by atoms with Crippen LogP contribution in [-0.2, 0) is 35.6 Å². The number of ether oxygens (including phenoxy) is 1. The highest BCUT2D eigenvalue weighted by Gasteiger charge is 2.22. The maximum atomic E-state index is 13.5. The van der Waals surface area contributed by atoms with Crippen LogP contribution in [-0.4, -0.2) is 39.5 Å². The van der Waals surface area contributed by atoms with Gasteiger partial charge >= 0.3 is 5.69 Å². The number of nitrogens with zero attached hydrogens (tertiary/aromatic N) is 3. The molecular formula is C29H27ClN4O5. The van der Waals surface area contributed by atoms with E-state index in [1.807, 2.05) is 18.2 Å². The number of halogens is 1. The van der Waals surface area contributed by atoms with E-state index < -0.39 is 17.2 Å². The highest BCUT2D eigenvalue weighted by Crippen LogP contribution is 2.27. The number of carbonyl (C=O) groups excluding carboxylic acids is 2. The summed E-state index contributed by atoms with van der Waals surface area (Å²) in [6.07, 6.45) is 0.749. The molecular weight excluding hydrogens is 520 g/mol. The Bertz CT molecular complexity index is 1690. The molecule has 0 atom stereocenters. The minimum Gasteiger partial charge on any atom is -0.495 e. The van der Waals surface area contributed by atoms with Crippen LogP contribution in [0.5, 0.6) is 5.75 Å². The van der Waals surface area contributed by atoms with Crippen molar-refractivity contribution in [2.75, 3.05) is 19.0 Å². The molecule has 0 fully saturated rings. The molecule has 39 heavy (non-hydrogen) atoms. The molecule has 1 aromatic heterocycles.